The lowest BCUT2D eigenvalue weighted by Gasteiger charge is -2.16. The van der Waals surface area contributed by atoms with E-state index in [0.29, 0.717) is 0 Å². The molecule has 102 valence electrons. The van der Waals surface area contributed by atoms with Crippen molar-refractivity contribution in [1.29, 1.82) is 0 Å². The minimum absolute atomic E-state index is 0.927. The van der Waals surface area contributed by atoms with E-state index in [0.717, 1.165) is 29.9 Å². The molecule has 0 aliphatic heterocycles. The van der Waals surface area contributed by atoms with Crippen molar-refractivity contribution in [2.45, 2.75) is 20.0 Å². The van der Waals surface area contributed by atoms with Crippen molar-refractivity contribution in [3.63, 3.8) is 0 Å². The van der Waals surface area contributed by atoms with Crippen LogP contribution in [0.4, 0.5) is 0 Å². The van der Waals surface area contributed by atoms with E-state index in [1.807, 2.05) is 6.92 Å². The second kappa shape index (κ2) is 5.47. The first-order valence-electron chi connectivity index (χ1n) is 6.88. The van der Waals surface area contributed by atoms with Gasteiger partial charge in [0.1, 0.15) is 5.82 Å². The van der Waals surface area contributed by atoms with E-state index in [2.05, 4.69) is 70.4 Å². The lowest BCUT2D eigenvalue weighted by Crippen LogP contribution is -2.17. The molecule has 3 heteroatoms. The third-order valence-electron chi connectivity index (χ3n) is 3.41. The second-order valence-corrected chi connectivity index (χ2v) is 5.33. The maximum Gasteiger partial charge on any atom is 0.104 e. The highest BCUT2D eigenvalue weighted by Crippen LogP contribution is 2.15. The van der Waals surface area contributed by atoms with E-state index in [4.69, 9.17) is 0 Å². The zero-order valence-corrected chi connectivity index (χ0v) is 11.9. The van der Waals surface area contributed by atoms with Gasteiger partial charge in [0.25, 0.3) is 0 Å². The number of nitrogens with zero attached hydrogens (tertiary/aromatic N) is 2. The molecule has 0 atom stereocenters. The van der Waals surface area contributed by atoms with Gasteiger partial charge in [-0.1, -0.05) is 36.4 Å². The fraction of sp³-hybridized carbons (Fsp3) is 0.235. The molecule has 3 aromatic rings. The van der Waals surface area contributed by atoms with Crippen LogP contribution in [0.25, 0.3) is 11.0 Å². The van der Waals surface area contributed by atoms with Crippen molar-refractivity contribution in [2.75, 3.05) is 7.05 Å². The summed E-state index contributed by atoms with van der Waals surface area (Å²) in [6.07, 6.45) is 0. The van der Waals surface area contributed by atoms with Crippen molar-refractivity contribution in [2.24, 2.45) is 0 Å². The minimum Gasteiger partial charge on any atom is -0.342 e. The third-order valence-corrected chi connectivity index (χ3v) is 3.41. The van der Waals surface area contributed by atoms with Crippen molar-refractivity contribution < 1.29 is 0 Å². The predicted octanol–water partition coefficient (Wildman–Crippen LogP) is 3.50. The van der Waals surface area contributed by atoms with Gasteiger partial charge in [0.15, 0.2) is 0 Å². The van der Waals surface area contributed by atoms with E-state index >= 15 is 0 Å². The normalized spacial score (nSPS) is 11.3. The first-order valence-corrected chi connectivity index (χ1v) is 6.88. The van der Waals surface area contributed by atoms with Crippen LogP contribution in [-0.4, -0.2) is 21.9 Å². The molecule has 3 rings (SSSR count). The van der Waals surface area contributed by atoms with Gasteiger partial charge in [-0.15, -0.1) is 0 Å². The molecular weight excluding hydrogens is 246 g/mol. The smallest absolute Gasteiger partial charge is 0.104 e. The number of imidazole rings is 1. The zero-order chi connectivity index (χ0) is 13.9. The van der Waals surface area contributed by atoms with Crippen LogP contribution in [0.2, 0.25) is 0 Å². The molecule has 0 fully saturated rings. The second-order valence-electron chi connectivity index (χ2n) is 5.33. The van der Waals surface area contributed by atoms with E-state index in [1.165, 1.54) is 11.1 Å². The van der Waals surface area contributed by atoms with Crippen molar-refractivity contribution in [3.8, 4) is 0 Å². The summed E-state index contributed by atoms with van der Waals surface area (Å²) < 4.78 is 0. The summed E-state index contributed by atoms with van der Waals surface area (Å²) in [5.74, 6) is 0.967. The molecule has 1 N–H and O–H groups in total. The van der Waals surface area contributed by atoms with E-state index in [1.54, 1.807) is 0 Å². The fourth-order valence-electron chi connectivity index (χ4n) is 2.54. The molecular formula is C17H19N3. The lowest BCUT2D eigenvalue weighted by atomic mass is 10.1. The number of fused-ring (bicyclic) bond motifs is 1. The number of hydrogen-bond donors (Lipinski definition) is 1. The number of rotatable bonds is 4. The van der Waals surface area contributed by atoms with Gasteiger partial charge in [-0.05, 0) is 37.2 Å². The van der Waals surface area contributed by atoms with Crippen molar-refractivity contribution in [1.82, 2.24) is 14.9 Å². The maximum absolute atomic E-state index is 4.49. The molecule has 0 bridgehead atoms. The minimum atomic E-state index is 0.927. The molecule has 20 heavy (non-hydrogen) atoms. The number of aromatic amines is 1. The molecule has 0 saturated carbocycles. The molecule has 1 heterocycles. The van der Waals surface area contributed by atoms with Crippen molar-refractivity contribution >= 4 is 11.0 Å². The van der Waals surface area contributed by atoms with Gasteiger partial charge in [0.05, 0.1) is 11.0 Å². The van der Waals surface area contributed by atoms with Crippen LogP contribution in [0.5, 0.6) is 0 Å². The Morgan fingerprint density at radius 3 is 2.55 bits per heavy atom. The van der Waals surface area contributed by atoms with Crippen LogP contribution in [0, 0.1) is 6.92 Å². The van der Waals surface area contributed by atoms with Gasteiger partial charge in [-0.2, -0.15) is 0 Å². The van der Waals surface area contributed by atoms with Gasteiger partial charge in [0, 0.05) is 13.1 Å². The Hall–Kier alpha value is -2.13. The Balaban J connectivity index is 1.72. The molecule has 1 aromatic heterocycles. The highest BCUT2D eigenvalue weighted by molar-refractivity contribution is 5.75. The molecule has 0 radical (unpaired) electrons. The number of aromatic nitrogens is 2. The Labute approximate surface area is 119 Å². The van der Waals surface area contributed by atoms with E-state index in [-0.39, 0.29) is 0 Å². The molecule has 3 nitrogen and oxygen atoms in total. The summed E-state index contributed by atoms with van der Waals surface area (Å²) in [7, 11) is 2.15. The first-order chi connectivity index (χ1) is 9.70. The fourth-order valence-corrected chi connectivity index (χ4v) is 2.54. The van der Waals surface area contributed by atoms with Crippen LogP contribution in [0.1, 0.15) is 17.0 Å². The molecule has 0 aliphatic rings. The molecule has 0 spiro atoms. The molecule has 0 unspecified atom stereocenters. The maximum atomic E-state index is 4.49. The molecule has 0 saturated heterocycles. The summed E-state index contributed by atoms with van der Waals surface area (Å²) in [4.78, 5) is 10.1. The average molecular weight is 265 g/mol. The largest absolute Gasteiger partial charge is 0.342 e. The standard InChI is InChI=1S/C17H19N3/c1-13-18-16-9-8-15(10-17(16)19-13)12-20(2)11-14-6-4-3-5-7-14/h3-10H,11-12H2,1-2H3,(H,18,19). The Morgan fingerprint density at radius 2 is 1.75 bits per heavy atom. The topological polar surface area (TPSA) is 31.9 Å². The van der Waals surface area contributed by atoms with Crippen LogP contribution < -0.4 is 0 Å². The van der Waals surface area contributed by atoms with Crippen LogP contribution in [-0.2, 0) is 13.1 Å². The average Bonchev–Trinajstić information content (AvgIpc) is 2.79. The number of H-pyrrole nitrogens is 1. The molecule has 0 aliphatic carbocycles. The summed E-state index contributed by atoms with van der Waals surface area (Å²) in [6.45, 7) is 3.87. The van der Waals surface area contributed by atoms with Gasteiger partial charge < -0.3 is 4.98 Å². The number of aryl methyl sites for hydroxylation is 1. The number of nitrogens with one attached hydrogen (secondary N) is 1. The van der Waals surface area contributed by atoms with Gasteiger partial charge >= 0.3 is 0 Å². The SMILES string of the molecule is Cc1nc2cc(CN(C)Cc3ccccc3)ccc2[nH]1. The summed E-state index contributed by atoms with van der Waals surface area (Å²) >= 11 is 0. The number of benzene rings is 2. The predicted molar refractivity (Wildman–Crippen MR) is 82.4 cm³/mol. The number of hydrogen-bond acceptors (Lipinski definition) is 2. The lowest BCUT2D eigenvalue weighted by molar-refractivity contribution is 0.319. The van der Waals surface area contributed by atoms with Crippen LogP contribution in [0.3, 0.4) is 0 Å². The zero-order valence-electron chi connectivity index (χ0n) is 11.9. The summed E-state index contributed by atoms with van der Waals surface area (Å²) in [5, 5.41) is 0. The van der Waals surface area contributed by atoms with Crippen molar-refractivity contribution in [3.05, 3.63) is 65.5 Å². The first kappa shape index (κ1) is 12.9. The highest BCUT2D eigenvalue weighted by atomic mass is 15.1. The Morgan fingerprint density at radius 1 is 1.00 bits per heavy atom. The summed E-state index contributed by atoms with van der Waals surface area (Å²) in [6, 6.07) is 17.0. The Bertz CT molecular complexity index is 701. The monoisotopic (exact) mass is 265 g/mol. The van der Waals surface area contributed by atoms with Gasteiger partial charge in [0.2, 0.25) is 0 Å². The van der Waals surface area contributed by atoms with Gasteiger partial charge in [-0.3, -0.25) is 4.90 Å². The van der Waals surface area contributed by atoms with E-state index < -0.39 is 0 Å². The van der Waals surface area contributed by atoms with Crippen LogP contribution in [0.15, 0.2) is 48.5 Å². The molecule has 0 amide bonds. The molecule has 2 aromatic carbocycles. The summed E-state index contributed by atoms with van der Waals surface area (Å²) in [5.41, 5.74) is 4.79. The highest BCUT2D eigenvalue weighted by Gasteiger charge is 2.04. The van der Waals surface area contributed by atoms with E-state index in [9.17, 15) is 0 Å². The quantitative estimate of drug-likeness (QED) is 0.783. The third kappa shape index (κ3) is 2.89. The van der Waals surface area contributed by atoms with Crippen LogP contribution >= 0.6 is 0 Å². The Kier molecular flexibility index (Phi) is 3.52. The van der Waals surface area contributed by atoms with Gasteiger partial charge in [-0.25, -0.2) is 4.98 Å².